The Morgan fingerprint density at radius 1 is 0.286 bits per heavy atom. The molecule has 0 N–H and O–H groups in total. The second kappa shape index (κ2) is 55.2. The lowest BCUT2D eigenvalue weighted by Gasteiger charge is -2.18. The monoisotopic (exact) mass is 989 g/mol. The minimum absolute atomic E-state index is 0.0633. The number of carbonyl (C=O) groups is 3. The van der Waals surface area contributed by atoms with Crippen molar-refractivity contribution in [2.24, 2.45) is 17.8 Å². The van der Waals surface area contributed by atoms with Crippen LogP contribution in [-0.2, 0) is 28.6 Å². The van der Waals surface area contributed by atoms with Gasteiger partial charge in [0.25, 0.3) is 0 Å². The minimum atomic E-state index is -0.765. The van der Waals surface area contributed by atoms with Crippen LogP contribution in [0.5, 0.6) is 0 Å². The SMILES string of the molecule is CCC(C)CCCCCCCCCCCCCCCCCCCCC(=O)OC[C@H](COC(=O)CCCCCCCCCCCCCCCCCC(C)C)OC(=O)CCCCCCCCCCC(C)CC. The second-order valence-electron chi connectivity index (χ2n) is 23.0. The Hall–Kier alpha value is -1.59. The van der Waals surface area contributed by atoms with Crippen LogP contribution < -0.4 is 0 Å². The molecule has 6 heteroatoms. The van der Waals surface area contributed by atoms with Crippen LogP contribution in [0.15, 0.2) is 0 Å². The van der Waals surface area contributed by atoms with E-state index in [0.29, 0.717) is 19.3 Å². The summed E-state index contributed by atoms with van der Waals surface area (Å²) in [4.78, 5) is 38.2. The van der Waals surface area contributed by atoms with Crippen LogP contribution in [0.25, 0.3) is 0 Å². The van der Waals surface area contributed by atoms with Crippen molar-refractivity contribution in [3.63, 3.8) is 0 Å². The van der Waals surface area contributed by atoms with Crippen LogP contribution >= 0.6 is 0 Å². The molecule has 0 aliphatic carbocycles. The molecule has 0 aliphatic rings. The molecule has 0 amide bonds. The fourth-order valence-corrected chi connectivity index (χ4v) is 9.82. The van der Waals surface area contributed by atoms with Gasteiger partial charge >= 0.3 is 17.9 Å². The molecule has 0 radical (unpaired) electrons. The first kappa shape index (κ1) is 68.4. The van der Waals surface area contributed by atoms with Gasteiger partial charge in [-0.25, -0.2) is 0 Å². The van der Waals surface area contributed by atoms with Crippen molar-refractivity contribution in [1.29, 1.82) is 0 Å². The molecule has 0 aromatic carbocycles. The molecule has 416 valence electrons. The minimum Gasteiger partial charge on any atom is -0.462 e. The van der Waals surface area contributed by atoms with Crippen LogP contribution in [0.2, 0.25) is 0 Å². The summed E-state index contributed by atoms with van der Waals surface area (Å²) in [6.45, 7) is 13.8. The predicted octanol–water partition coefficient (Wildman–Crippen LogP) is 21.1. The van der Waals surface area contributed by atoms with Gasteiger partial charge in [0.05, 0.1) is 0 Å². The van der Waals surface area contributed by atoms with Gasteiger partial charge in [0.1, 0.15) is 13.2 Å². The lowest BCUT2D eigenvalue weighted by atomic mass is 9.99. The zero-order valence-corrected chi connectivity index (χ0v) is 48.3. The molecule has 0 aliphatic heterocycles. The number of ether oxygens (including phenoxy) is 3. The molecule has 0 rings (SSSR count). The molecule has 6 nitrogen and oxygen atoms in total. The van der Waals surface area contributed by atoms with Crippen molar-refractivity contribution < 1.29 is 28.6 Å². The first-order chi connectivity index (χ1) is 34.2. The van der Waals surface area contributed by atoms with E-state index < -0.39 is 6.10 Å². The van der Waals surface area contributed by atoms with Crippen molar-refractivity contribution in [2.45, 2.75) is 362 Å². The quantitative estimate of drug-likeness (QED) is 0.0343. The molecule has 0 saturated heterocycles. The van der Waals surface area contributed by atoms with Crippen LogP contribution in [0.4, 0.5) is 0 Å². The predicted molar refractivity (Wildman–Crippen MR) is 303 cm³/mol. The average Bonchev–Trinajstić information content (AvgIpc) is 3.35. The number of esters is 3. The van der Waals surface area contributed by atoms with Gasteiger partial charge in [0.2, 0.25) is 0 Å². The Kier molecular flexibility index (Phi) is 53.9. The zero-order valence-electron chi connectivity index (χ0n) is 48.3. The molecule has 0 bridgehead atoms. The Balaban J connectivity index is 4.22. The highest BCUT2D eigenvalue weighted by Gasteiger charge is 2.19. The van der Waals surface area contributed by atoms with E-state index in [-0.39, 0.29) is 31.1 Å². The molecule has 2 unspecified atom stereocenters. The summed E-state index contributed by atoms with van der Waals surface area (Å²) in [5.74, 6) is 1.76. The zero-order chi connectivity index (χ0) is 51.2. The summed E-state index contributed by atoms with van der Waals surface area (Å²) >= 11 is 0. The molecule has 70 heavy (non-hydrogen) atoms. The maximum Gasteiger partial charge on any atom is 0.306 e. The van der Waals surface area contributed by atoms with Gasteiger partial charge in [-0.15, -0.1) is 0 Å². The average molecular weight is 990 g/mol. The van der Waals surface area contributed by atoms with Gasteiger partial charge < -0.3 is 14.2 Å². The van der Waals surface area contributed by atoms with E-state index in [0.717, 1.165) is 75.5 Å². The van der Waals surface area contributed by atoms with E-state index in [2.05, 4.69) is 41.5 Å². The summed E-state index contributed by atoms with van der Waals surface area (Å²) in [5, 5.41) is 0. The lowest BCUT2D eigenvalue weighted by molar-refractivity contribution is -0.167. The van der Waals surface area contributed by atoms with Gasteiger partial charge in [-0.05, 0) is 37.0 Å². The maximum atomic E-state index is 12.9. The van der Waals surface area contributed by atoms with E-state index in [1.165, 1.54) is 238 Å². The molecule has 3 atom stereocenters. The van der Waals surface area contributed by atoms with E-state index in [1.807, 2.05) is 0 Å². The summed E-state index contributed by atoms with van der Waals surface area (Å²) in [6, 6.07) is 0. The van der Waals surface area contributed by atoms with Gasteiger partial charge in [-0.1, -0.05) is 318 Å². The number of rotatable bonds is 57. The van der Waals surface area contributed by atoms with Gasteiger partial charge in [0, 0.05) is 19.3 Å². The number of unbranched alkanes of at least 4 members (excludes halogenated alkanes) is 38. The van der Waals surface area contributed by atoms with Crippen LogP contribution in [0, 0.1) is 17.8 Å². The standard InChI is InChI=1S/C64H124O6/c1-7-59(5)51-45-39-33-27-23-19-15-11-9-10-12-16-20-24-28-35-41-47-53-62(65)68-56-61(70-64(67)55-49-43-37-31-30-34-40-46-52-60(6)8-2)57-69-63(66)54-48-42-36-29-25-21-17-13-14-18-22-26-32-38-44-50-58(3)4/h58-61H,7-57H2,1-6H3/t59?,60?,61-/m1/s1. The Bertz CT molecular complexity index is 1090. The highest BCUT2D eigenvalue weighted by atomic mass is 16.6. The van der Waals surface area contributed by atoms with Gasteiger partial charge in [-0.2, -0.15) is 0 Å². The van der Waals surface area contributed by atoms with Crippen molar-refractivity contribution in [3.05, 3.63) is 0 Å². The molecule has 0 aromatic heterocycles. The number of carbonyl (C=O) groups excluding carboxylic acids is 3. The smallest absolute Gasteiger partial charge is 0.306 e. The van der Waals surface area contributed by atoms with Crippen molar-refractivity contribution in [1.82, 2.24) is 0 Å². The van der Waals surface area contributed by atoms with E-state index in [9.17, 15) is 14.4 Å². The van der Waals surface area contributed by atoms with Crippen LogP contribution in [-0.4, -0.2) is 37.2 Å². The van der Waals surface area contributed by atoms with Crippen LogP contribution in [0.3, 0.4) is 0 Å². The topological polar surface area (TPSA) is 78.9 Å². The Morgan fingerprint density at radius 3 is 0.743 bits per heavy atom. The summed E-state index contributed by atoms with van der Waals surface area (Å²) in [5.41, 5.74) is 0. The third-order valence-corrected chi connectivity index (χ3v) is 15.4. The second-order valence-corrected chi connectivity index (χ2v) is 23.0. The largest absolute Gasteiger partial charge is 0.462 e. The number of hydrogen-bond donors (Lipinski definition) is 0. The van der Waals surface area contributed by atoms with E-state index in [4.69, 9.17) is 14.2 Å². The van der Waals surface area contributed by atoms with Gasteiger partial charge in [0.15, 0.2) is 6.10 Å². The first-order valence-electron chi connectivity index (χ1n) is 31.7. The Labute approximate surface area is 438 Å². The molecule has 0 fully saturated rings. The molecule has 0 spiro atoms. The molecular formula is C64H124O6. The number of hydrogen-bond acceptors (Lipinski definition) is 6. The fourth-order valence-electron chi connectivity index (χ4n) is 9.82. The summed E-state index contributed by atoms with van der Waals surface area (Å²) < 4.78 is 16.9. The van der Waals surface area contributed by atoms with Crippen LogP contribution in [0.1, 0.15) is 356 Å². The summed E-state index contributed by atoms with van der Waals surface area (Å²) in [7, 11) is 0. The third kappa shape index (κ3) is 54.2. The van der Waals surface area contributed by atoms with E-state index >= 15 is 0 Å². The highest BCUT2D eigenvalue weighted by Crippen LogP contribution is 2.20. The fraction of sp³-hybridized carbons (Fsp3) is 0.953. The lowest BCUT2D eigenvalue weighted by Crippen LogP contribution is -2.30. The molecule has 0 heterocycles. The molecule has 0 saturated carbocycles. The molecular weight excluding hydrogens is 865 g/mol. The summed E-state index contributed by atoms with van der Waals surface area (Å²) in [6.07, 6.45) is 59.5. The molecule has 0 aromatic rings. The van der Waals surface area contributed by atoms with Crippen molar-refractivity contribution in [2.75, 3.05) is 13.2 Å². The third-order valence-electron chi connectivity index (χ3n) is 15.4. The van der Waals surface area contributed by atoms with Gasteiger partial charge in [-0.3, -0.25) is 14.4 Å². The normalized spacial score (nSPS) is 12.9. The maximum absolute atomic E-state index is 12.9. The first-order valence-corrected chi connectivity index (χ1v) is 31.7. The van der Waals surface area contributed by atoms with Crippen molar-refractivity contribution in [3.8, 4) is 0 Å². The van der Waals surface area contributed by atoms with E-state index in [1.54, 1.807) is 0 Å². The highest BCUT2D eigenvalue weighted by molar-refractivity contribution is 5.71. The Morgan fingerprint density at radius 2 is 0.500 bits per heavy atom. The van der Waals surface area contributed by atoms with Crippen molar-refractivity contribution >= 4 is 17.9 Å².